The van der Waals surface area contributed by atoms with E-state index in [1.54, 1.807) is 45.5 Å². The minimum atomic E-state index is -3.89. The number of ether oxygens (including phenoxy) is 3. The number of sulfonamides is 1. The third-order valence-electron chi connectivity index (χ3n) is 5.66. The number of fused-ring (bicyclic) bond motifs is 1. The quantitative estimate of drug-likeness (QED) is 0.484. The van der Waals surface area contributed by atoms with Gasteiger partial charge in [-0.15, -0.1) is 0 Å². The summed E-state index contributed by atoms with van der Waals surface area (Å²) in [5.41, 5.74) is 3.51. The number of benzene rings is 2. The van der Waals surface area contributed by atoms with E-state index in [4.69, 9.17) is 25.8 Å². The number of hydrogen-bond donors (Lipinski definition) is 1. The number of rotatable bonds is 8. The van der Waals surface area contributed by atoms with Crippen molar-refractivity contribution in [2.45, 2.75) is 37.7 Å². The molecule has 0 aliphatic heterocycles. The van der Waals surface area contributed by atoms with E-state index < -0.39 is 10.0 Å². The molecule has 0 saturated carbocycles. The number of methoxy groups -OCH3 is 2. The summed E-state index contributed by atoms with van der Waals surface area (Å²) in [6.07, 6.45) is 4.01. The predicted octanol–water partition coefficient (Wildman–Crippen LogP) is 4.93. The highest BCUT2D eigenvalue weighted by Crippen LogP contribution is 2.38. The van der Waals surface area contributed by atoms with Crippen molar-refractivity contribution in [2.24, 2.45) is 0 Å². The minimum Gasteiger partial charge on any atom is -0.493 e. The lowest BCUT2D eigenvalue weighted by Gasteiger charge is -2.18. The van der Waals surface area contributed by atoms with Gasteiger partial charge in [0.15, 0.2) is 17.2 Å². The van der Waals surface area contributed by atoms with Crippen LogP contribution in [-0.2, 0) is 29.5 Å². The van der Waals surface area contributed by atoms with Gasteiger partial charge in [-0.2, -0.15) is 0 Å². The van der Waals surface area contributed by atoms with Crippen molar-refractivity contribution in [3.05, 3.63) is 70.0 Å². The molecule has 1 aromatic heterocycles. The van der Waals surface area contributed by atoms with Gasteiger partial charge in [-0.3, -0.25) is 9.71 Å². The first-order valence-electron chi connectivity index (χ1n) is 10.5. The zero-order valence-electron chi connectivity index (χ0n) is 18.6. The van der Waals surface area contributed by atoms with E-state index in [1.807, 2.05) is 12.1 Å². The summed E-state index contributed by atoms with van der Waals surface area (Å²) in [7, 11) is -0.751. The van der Waals surface area contributed by atoms with Gasteiger partial charge in [-0.25, -0.2) is 8.42 Å². The van der Waals surface area contributed by atoms with Gasteiger partial charge >= 0.3 is 0 Å². The second kappa shape index (κ2) is 9.49. The molecule has 33 heavy (non-hydrogen) atoms. The predicted molar refractivity (Wildman–Crippen MR) is 127 cm³/mol. The number of pyridine rings is 1. The van der Waals surface area contributed by atoms with Crippen molar-refractivity contribution < 1.29 is 22.6 Å². The summed E-state index contributed by atoms with van der Waals surface area (Å²) in [6.45, 7) is 1.88. The molecule has 0 spiro atoms. The molecule has 2 aromatic carbocycles. The molecular weight excluding hydrogens is 464 g/mol. The molecule has 1 aliphatic carbocycles. The number of anilines is 1. The van der Waals surface area contributed by atoms with Crippen LogP contribution in [0.25, 0.3) is 0 Å². The van der Waals surface area contributed by atoms with Crippen molar-refractivity contribution in [2.75, 3.05) is 18.9 Å². The molecule has 0 amide bonds. The molecule has 0 fully saturated rings. The SMILES string of the molecule is COc1ccc(COc2cnc3c(c2NS(=O)(=O)c2cccc(Cl)c2C)CCC3)cc1OC. The second-order valence-corrected chi connectivity index (χ2v) is 9.78. The number of aromatic nitrogens is 1. The van der Waals surface area contributed by atoms with Crippen molar-refractivity contribution in [1.82, 2.24) is 4.98 Å². The van der Waals surface area contributed by atoms with Crippen LogP contribution in [0.3, 0.4) is 0 Å². The van der Waals surface area contributed by atoms with Crippen LogP contribution in [-0.4, -0.2) is 27.6 Å². The van der Waals surface area contributed by atoms with Crippen LogP contribution < -0.4 is 18.9 Å². The Morgan fingerprint density at radius 2 is 1.85 bits per heavy atom. The van der Waals surface area contributed by atoms with Gasteiger partial charge in [0.05, 0.1) is 31.0 Å². The van der Waals surface area contributed by atoms with Gasteiger partial charge in [0.1, 0.15) is 6.61 Å². The summed E-state index contributed by atoms with van der Waals surface area (Å²) in [5.74, 6) is 1.57. The Balaban J connectivity index is 1.66. The van der Waals surface area contributed by atoms with Crippen molar-refractivity contribution in [3.63, 3.8) is 0 Å². The Hall–Kier alpha value is -2.97. The highest BCUT2D eigenvalue weighted by molar-refractivity contribution is 7.92. The summed E-state index contributed by atoms with van der Waals surface area (Å²) < 4.78 is 46.0. The van der Waals surface area contributed by atoms with E-state index in [0.29, 0.717) is 33.5 Å². The fraction of sp³-hybridized carbons (Fsp3) is 0.292. The third-order valence-corrected chi connectivity index (χ3v) is 7.56. The van der Waals surface area contributed by atoms with Gasteiger partial charge < -0.3 is 14.2 Å². The zero-order valence-corrected chi connectivity index (χ0v) is 20.2. The van der Waals surface area contributed by atoms with E-state index in [2.05, 4.69) is 9.71 Å². The van der Waals surface area contributed by atoms with Crippen molar-refractivity contribution in [3.8, 4) is 17.2 Å². The topological polar surface area (TPSA) is 86.8 Å². The lowest BCUT2D eigenvalue weighted by Crippen LogP contribution is -2.17. The maximum Gasteiger partial charge on any atom is 0.262 e. The van der Waals surface area contributed by atoms with Crippen LogP contribution in [0.5, 0.6) is 17.2 Å². The Morgan fingerprint density at radius 1 is 1.06 bits per heavy atom. The van der Waals surface area contributed by atoms with Crippen LogP contribution in [0.1, 0.15) is 28.8 Å². The smallest absolute Gasteiger partial charge is 0.262 e. The molecule has 7 nitrogen and oxygen atoms in total. The molecule has 174 valence electrons. The first-order valence-corrected chi connectivity index (χ1v) is 12.3. The zero-order chi connectivity index (χ0) is 23.6. The van der Waals surface area contributed by atoms with E-state index >= 15 is 0 Å². The van der Waals surface area contributed by atoms with E-state index in [1.165, 1.54) is 6.07 Å². The molecular formula is C24H25ClN2O5S. The van der Waals surface area contributed by atoms with E-state index in [9.17, 15) is 8.42 Å². The summed E-state index contributed by atoms with van der Waals surface area (Å²) in [4.78, 5) is 4.63. The number of nitrogens with zero attached hydrogens (tertiary/aromatic N) is 1. The second-order valence-electron chi connectivity index (χ2n) is 7.72. The van der Waals surface area contributed by atoms with Crippen LogP contribution >= 0.6 is 11.6 Å². The number of nitrogens with one attached hydrogen (secondary N) is 1. The molecule has 0 atom stereocenters. The van der Waals surface area contributed by atoms with Gasteiger partial charge in [0, 0.05) is 16.3 Å². The fourth-order valence-corrected chi connectivity index (χ4v) is 5.51. The summed E-state index contributed by atoms with van der Waals surface area (Å²) in [6, 6.07) is 10.3. The Bertz CT molecular complexity index is 1290. The lowest BCUT2D eigenvalue weighted by molar-refractivity contribution is 0.304. The molecule has 4 rings (SSSR count). The minimum absolute atomic E-state index is 0.129. The first kappa shape index (κ1) is 23.2. The Kier molecular flexibility index (Phi) is 6.67. The van der Waals surface area contributed by atoms with Crippen LogP contribution in [0.15, 0.2) is 47.5 Å². The standard InChI is InChI=1S/C24H25ClN2O5S/c1-15-18(25)7-5-9-23(15)33(28,29)27-24-17-6-4-8-19(17)26-13-22(24)32-14-16-10-11-20(30-2)21(12-16)31-3/h5,7,9-13H,4,6,8,14H2,1-3H3,(H,26,27). The maximum absolute atomic E-state index is 13.3. The Labute approximate surface area is 198 Å². The van der Waals surface area contributed by atoms with E-state index in [-0.39, 0.29) is 11.5 Å². The largest absolute Gasteiger partial charge is 0.493 e. The normalized spacial score (nSPS) is 12.8. The molecule has 3 aromatic rings. The third kappa shape index (κ3) is 4.72. The molecule has 0 radical (unpaired) electrons. The molecule has 9 heteroatoms. The first-order chi connectivity index (χ1) is 15.8. The Morgan fingerprint density at radius 3 is 2.61 bits per heavy atom. The van der Waals surface area contributed by atoms with Gasteiger partial charge in [0.2, 0.25) is 0 Å². The molecule has 1 aliphatic rings. The average molecular weight is 489 g/mol. The number of aryl methyl sites for hydroxylation is 1. The lowest BCUT2D eigenvalue weighted by atomic mass is 10.1. The highest BCUT2D eigenvalue weighted by Gasteiger charge is 2.26. The molecule has 1 N–H and O–H groups in total. The maximum atomic E-state index is 13.3. The van der Waals surface area contributed by atoms with Gasteiger partial charge in [-0.05, 0) is 61.6 Å². The highest BCUT2D eigenvalue weighted by atomic mass is 35.5. The number of hydrogen-bond acceptors (Lipinski definition) is 6. The number of halogens is 1. The van der Waals surface area contributed by atoms with Crippen LogP contribution in [0.4, 0.5) is 5.69 Å². The van der Waals surface area contributed by atoms with Gasteiger partial charge in [0.25, 0.3) is 10.0 Å². The van der Waals surface area contributed by atoms with Crippen molar-refractivity contribution >= 4 is 27.3 Å². The summed E-state index contributed by atoms with van der Waals surface area (Å²) >= 11 is 6.17. The van der Waals surface area contributed by atoms with Gasteiger partial charge in [-0.1, -0.05) is 23.7 Å². The van der Waals surface area contributed by atoms with Crippen LogP contribution in [0, 0.1) is 6.92 Å². The molecule has 1 heterocycles. The fourth-order valence-electron chi connectivity index (χ4n) is 3.91. The van der Waals surface area contributed by atoms with Crippen molar-refractivity contribution in [1.29, 1.82) is 0 Å². The summed E-state index contributed by atoms with van der Waals surface area (Å²) in [5, 5.41) is 0.391. The molecule has 0 bridgehead atoms. The van der Waals surface area contributed by atoms with Crippen LogP contribution in [0.2, 0.25) is 5.02 Å². The average Bonchev–Trinajstić information content (AvgIpc) is 3.29. The molecule has 0 saturated heterocycles. The van der Waals surface area contributed by atoms with E-state index in [0.717, 1.165) is 36.1 Å². The monoisotopic (exact) mass is 488 g/mol. The molecule has 0 unspecified atom stereocenters.